The molecule has 0 aliphatic heterocycles. The van der Waals surface area contributed by atoms with Gasteiger partial charge in [-0.15, -0.1) is 5.10 Å². The summed E-state index contributed by atoms with van der Waals surface area (Å²) in [6.45, 7) is 2.49. The normalized spacial score (nSPS) is 10.4. The van der Waals surface area contributed by atoms with Crippen LogP contribution >= 0.6 is 0 Å². The molecule has 0 atom stereocenters. The van der Waals surface area contributed by atoms with Gasteiger partial charge in [-0.05, 0) is 53.1 Å². The highest BCUT2D eigenvalue weighted by Crippen LogP contribution is 2.18. The van der Waals surface area contributed by atoms with Crippen molar-refractivity contribution in [1.82, 2.24) is 25.5 Å². The summed E-state index contributed by atoms with van der Waals surface area (Å²) in [5.41, 5.74) is 3.38. The second-order valence-electron chi connectivity index (χ2n) is 6.40. The largest absolute Gasteiger partial charge is 0.445 e. The van der Waals surface area contributed by atoms with E-state index in [1.807, 2.05) is 49.4 Å². The number of ether oxygens (including phenoxy) is 1. The van der Waals surface area contributed by atoms with Crippen molar-refractivity contribution in [1.29, 1.82) is 0 Å². The Morgan fingerprint density at radius 3 is 2.69 bits per heavy atom. The Labute approximate surface area is 168 Å². The monoisotopic (exact) mass is 394 g/mol. The highest BCUT2D eigenvalue weighted by atomic mass is 16.5. The van der Waals surface area contributed by atoms with Gasteiger partial charge in [0.2, 0.25) is 5.91 Å². The number of amides is 2. The van der Waals surface area contributed by atoms with E-state index in [0.29, 0.717) is 18.7 Å². The van der Waals surface area contributed by atoms with Crippen molar-refractivity contribution in [3.63, 3.8) is 0 Å². The summed E-state index contributed by atoms with van der Waals surface area (Å²) in [5.74, 6) is -0.126. The number of aryl methyl sites for hydroxylation is 1. The Balaban J connectivity index is 1.36. The summed E-state index contributed by atoms with van der Waals surface area (Å²) in [6.07, 6.45) is 1.81. The molecule has 9 heteroatoms. The standard InChI is InChI=1S/C20H22N6O3/c1-15-12-17(9-10-18(15)26-14-22-24-25-26)23-19(27)8-5-11-21-20(28)29-13-16-6-3-2-4-7-16/h2-4,6-7,9-10,12,14H,5,8,11,13H2,1H3,(H,21,28)(H,23,27). The van der Waals surface area contributed by atoms with Crippen molar-refractivity contribution >= 4 is 17.7 Å². The van der Waals surface area contributed by atoms with Crippen LogP contribution in [0.1, 0.15) is 24.0 Å². The zero-order valence-corrected chi connectivity index (χ0v) is 16.0. The number of anilines is 1. The predicted molar refractivity (Wildman–Crippen MR) is 106 cm³/mol. The van der Waals surface area contributed by atoms with E-state index in [9.17, 15) is 9.59 Å². The molecule has 3 rings (SSSR count). The van der Waals surface area contributed by atoms with E-state index in [1.165, 1.54) is 6.33 Å². The van der Waals surface area contributed by atoms with Crippen molar-refractivity contribution in [2.45, 2.75) is 26.4 Å². The molecule has 2 amide bonds. The Bertz CT molecular complexity index is 944. The Hall–Kier alpha value is -3.75. The number of carbonyl (C=O) groups is 2. The van der Waals surface area contributed by atoms with Gasteiger partial charge < -0.3 is 15.4 Å². The van der Waals surface area contributed by atoms with E-state index >= 15 is 0 Å². The van der Waals surface area contributed by atoms with Crippen molar-refractivity contribution < 1.29 is 14.3 Å². The lowest BCUT2D eigenvalue weighted by Gasteiger charge is -2.10. The van der Waals surface area contributed by atoms with E-state index in [-0.39, 0.29) is 18.9 Å². The van der Waals surface area contributed by atoms with Crippen LogP contribution < -0.4 is 10.6 Å². The van der Waals surface area contributed by atoms with Crippen LogP contribution in [0.5, 0.6) is 0 Å². The molecule has 29 heavy (non-hydrogen) atoms. The molecule has 2 aromatic carbocycles. The third-order valence-electron chi connectivity index (χ3n) is 4.14. The molecule has 0 unspecified atom stereocenters. The maximum absolute atomic E-state index is 12.1. The van der Waals surface area contributed by atoms with Gasteiger partial charge in [-0.1, -0.05) is 30.3 Å². The number of carbonyl (C=O) groups excluding carboxylic acids is 2. The second-order valence-corrected chi connectivity index (χ2v) is 6.40. The Kier molecular flexibility index (Phi) is 6.88. The van der Waals surface area contributed by atoms with Gasteiger partial charge in [0, 0.05) is 18.7 Å². The van der Waals surface area contributed by atoms with Gasteiger partial charge in [0.1, 0.15) is 12.9 Å². The molecule has 0 radical (unpaired) electrons. The predicted octanol–water partition coefficient (Wildman–Crippen LogP) is 2.62. The van der Waals surface area contributed by atoms with Crippen molar-refractivity contribution in [3.05, 3.63) is 66.0 Å². The maximum Gasteiger partial charge on any atom is 0.407 e. The molecule has 0 saturated carbocycles. The average Bonchev–Trinajstić information content (AvgIpc) is 3.25. The lowest BCUT2D eigenvalue weighted by atomic mass is 10.1. The van der Waals surface area contributed by atoms with Gasteiger partial charge >= 0.3 is 6.09 Å². The number of aromatic nitrogens is 4. The van der Waals surface area contributed by atoms with Crippen LogP contribution in [0, 0.1) is 6.92 Å². The summed E-state index contributed by atoms with van der Waals surface area (Å²) in [4.78, 5) is 23.8. The average molecular weight is 394 g/mol. The van der Waals surface area contributed by atoms with E-state index in [1.54, 1.807) is 10.7 Å². The van der Waals surface area contributed by atoms with Crippen molar-refractivity contribution in [2.75, 3.05) is 11.9 Å². The van der Waals surface area contributed by atoms with Crippen LogP contribution in [0.25, 0.3) is 5.69 Å². The van der Waals surface area contributed by atoms with E-state index in [2.05, 4.69) is 26.2 Å². The highest BCUT2D eigenvalue weighted by molar-refractivity contribution is 5.90. The molecular weight excluding hydrogens is 372 g/mol. The summed E-state index contributed by atoms with van der Waals surface area (Å²) in [7, 11) is 0. The van der Waals surface area contributed by atoms with E-state index in [0.717, 1.165) is 16.8 Å². The van der Waals surface area contributed by atoms with Crippen molar-refractivity contribution in [3.8, 4) is 5.69 Å². The van der Waals surface area contributed by atoms with Crippen LogP contribution in [0.4, 0.5) is 10.5 Å². The molecule has 2 N–H and O–H groups in total. The molecule has 0 aliphatic carbocycles. The van der Waals surface area contributed by atoms with E-state index < -0.39 is 6.09 Å². The van der Waals surface area contributed by atoms with Gasteiger partial charge in [-0.25, -0.2) is 9.48 Å². The summed E-state index contributed by atoms with van der Waals surface area (Å²) >= 11 is 0. The molecule has 0 fully saturated rings. The number of hydrogen-bond acceptors (Lipinski definition) is 6. The quantitative estimate of drug-likeness (QED) is 0.568. The van der Waals surface area contributed by atoms with Gasteiger partial charge in [0.15, 0.2) is 0 Å². The van der Waals surface area contributed by atoms with Crippen LogP contribution in [0.2, 0.25) is 0 Å². The number of nitrogens with zero attached hydrogens (tertiary/aromatic N) is 4. The first kappa shape index (κ1) is 20.0. The minimum Gasteiger partial charge on any atom is -0.445 e. The summed E-state index contributed by atoms with van der Waals surface area (Å²) < 4.78 is 6.68. The molecule has 3 aromatic rings. The van der Waals surface area contributed by atoms with Crippen molar-refractivity contribution in [2.24, 2.45) is 0 Å². The minimum atomic E-state index is -0.497. The van der Waals surface area contributed by atoms with Crippen LogP contribution in [0.3, 0.4) is 0 Å². The zero-order valence-electron chi connectivity index (χ0n) is 16.0. The fraction of sp³-hybridized carbons (Fsp3) is 0.250. The van der Waals surface area contributed by atoms with Crippen LogP contribution in [-0.2, 0) is 16.1 Å². The molecule has 9 nitrogen and oxygen atoms in total. The highest BCUT2D eigenvalue weighted by Gasteiger charge is 2.07. The smallest absolute Gasteiger partial charge is 0.407 e. The molecule has 0 spiro atoms. The number of benzene rings is 2. The maximum atomic E-state index is 12.1. The first-order valence-electron chi connectivity index (χ1n) is 9.20. The van der Waals surface area contributed by atoms with Gasteiger partial charge in [0.25, 0.3) is 0 Å². The molecule has 0 bridgehead atoms. The molecule has 0 aliphatic rings. The van der Waals surface area contributed by atoms with Crippen LogP contribution in [-0.4, -0.2) is 38.8 Å². The van der Waals surface area contributed by atoms with Crippen LogP contribution in [0.15, 0.2) is 54.9 Å². The molecule has 1 aromatic heterocycles. The van der Waals surface area contributed by atoms with Gasteiger partial charge in [-0.3, -0.25) is 4.79 Å². The molecular formula is C20H22N6O3. The third kappa shape index (κ3) is 6.13. The summed E-state index contributed by atoms with van der Waals surface area (Å²) in [5, 5.41) is 16.6. The molecule has 150 valence electrons. The lowest BCUT2D eigenvalue weighted by Crippen LogP contribution is -2.26. The lowest BCUT2D eigenvalue weighted by molar-refractivity contribution is -0.116. The zero-order chi connectivity index (χ0) is 20.5. The van der Waals surface area contributed by atoms with E-state index in [4.69, 9.17) is 4.74 Å². The number of hydrogen-bond donors (Lipinski definition) is 2. The number of nitrogens with one attached hydrogen (secondary N) is 2. The Morgan fingerprint density at radius 2 is 1.97 bits per heavy atom. The molecule has 0 saturated heterocycles. The number of rotatable bonds is 8. The summed E-state index contributed by atoms with van der Waals surface area (Å²) in [6, 6.07) is 14.9. The second kappa shape index (κ2) is 9.98. The fourth-order valence-electron chi connectivity index (χ4n) is 2.70. The third-order valence-corrected chi connectivity index (χ3v) is 4.14. The SMILES string of the molecule is Cc1cc(NC(=O)CCCNC(=O)OCc2ccccc2)ccc1-n1cnnn1. The fourth-order valence-corrected chi connectivity index (χ4v) is 2.70. The number of alkyl carbamates (subject to hydrolysis) is 1. The van der Waals surface area contributed by atoms with Gasteiger partial charge in [-0.2, -0.15) is 0 Å². The topological polar surface area (TPSA) is 111 Å². The first-order valence-corrected chi connectivity index (χ1v) is 9.20. The minimum absolute atomic E-state index is 0.126. The first-order chi connectivity index (χ1) is 14.1. The molecule has 1 heterocycles. The Morgan fingerprint density at radius 1 is 1.14 bits per heavy atom. The number of tetrazole rings is 1. The van der Waals surface area contributed by atoms with Gasteiger partial charge in [0.05, 0.1) is 5.69 Å².